The van der Waals surface area contributed by atoms with Gasteiger partial charge in [-0.25, -0.2) is 19.9 Å². The Bertz CT molecular complexity index is 793. The summed E-state index contributed by atoms with van der Waals surface area (Å²) >= 11 is 0. The number of nitrogens with zero attached hydrogens (tertiary/aromatic N) is 6. The fourth-order valence-corrected chi connectivity index (χ4v) is 2.59. The molecule has 0 aromatic carbocycles. The van der Waals surface area contributed by atoms with Gasteiger partial charge in [0.25, 0.3) is 0 Å². The Morgan fingerprint density at radius 2 is 2.05 bits per heavy atom. The minimum atomic E-state index is 0.651. The van der Waals surface area contributed by atoms with E-state index in [2.05, 4.69) is 29.8 Å². The third-order valence-corrected chi connectivity index (χ3v) is 3.64. The van der Waals surface area contributed by atoms with Crippen molar-refractivity contribution in [2.24, 2.45) is 0 Å². The summed E-state index contributed by atoms with van der Waals surface area (Å²) in [5.41, 5.74) is 3.92. The monoisotopic (exact) mass is 290 g/mol. The lowest BCUT2D eigenvalue weighted by Gasteiger charge is -2.17. The number of fused-ring (bicyclic) bond motifs is 1. The fraction of sp³-hybridized carbons (Fsp3) is 0.188. The highest BCUT2D eigenvalue weighted by Gasteiger charge is 2.22. The fourth-order valence-electron chi connectivity index (χ4n) is 2.59. The lowest BCUT2D eigenvalue weighted by atomic mass is 10.3. The first-order valence-electron chi connectivity index (χ1n) is 7.09. The maximum atomic E-state index is 4.67. The van der Waals surface area contributed by atoms with Crippen molar-refractivity contribution < 1.29 is 0 Å². The summed E-state index contributed by atoms with van der Waals surface area (Å²) < 4.78 is 0. The van der Waals surface area contributed by atoms with E-state index in [9.17, 15) is 0 Å². The van der Waals surface area contributed by atoms with Crippen molar-refractivity contribution in [3.05, 3.63) is 59.9 Å². The van der Waals surface area contributed by atoms with Gasteiger partial charge in [0.05, 0.1) is 12.2 Å². The standard InChI is InChI=1S/C16H14N6/c1-11-6-15(21-16(20-11)13-4-2-3-5-18-13)22-8-12-7-17-10-19-14(12)9-22/h2-7,10H,8-9H2,1H3. The second-order valence-electron chi connectivity index (χ2n) is 5.26. The molecule has 0 aliphatic carbocycles. The molecule has 6 heteroatoms. The smallest absolute Gasteiger partial charge is 0.180 e. The van der Waals surface area contributed by atoms with Crippen LogP contribution in [0.1, 0.15) is 17.0 Å². The molecule has 3 aromatic rings. The van der Waals surface area contributed by atoms with Crippen LogP contribution in [-0.2, 0) is 13.1 Å². The van der Waals surface area contributed by atoms with Gasteiger partial charge in [0.1, 0.15) is 17.8 Å². The molecule has 0 bridgehead atoms. The van der Waals surface area contributed by atoms with Gasteiger partial charge >= 0.3 is 0 Å². The molecule has 3 aromatic heterocycles. The Labute approximate surface area is 127 Å². The van der Waals surface area contributed by atoms with Crippen LogP contribution in [0.4, 0.5) is 5.82 Å². The molecule has 1 aliphatic heterocycles. The van der Waals surface area contributed by atoms with E-state index in [-0.39, 0.29) is 0 Å². The highest BCUT2D eigenvalue weighted by atomic mass is 15.2. The van der Waals surface area contributed by atoms with Crippen LogP contribution < -0.4 is 4.90 Å². The minimum Gasteiger partial charge on any atom is -0.346 e. The Kier molecular flexibility index (Phi) is 3.00. The van der Waals surface area contributed by atoms with Gasteiger partial charge in [-0.05, 0) is 19.1 Å². The molecule has 0 saturated carbocycles. The maximum absolute atomic E-state index is 4.67. The summed E-state index contributed by atoms with van der Waals surface area (Å²) in [7, 11) is 0. The third-order valence-electron chi connectivity index (χ3n) is 3.64. The maximum Gasteiger partial charge on any atom is 0.180 e. The summed E-state index contributed by atoms with van der Waals surface area (Å²) in [6.45, 7) is 3.49. The number of hydrogen-bond acceptors (Lipinski definition) is 6. The van der Waals surface area contributed by atoms with E-state index >= 15 is 0 Å². The molecule has 0 spiro atoms. The molecular formula is C16H14N6. The van der Waals surface area contributed by atoms with Crippen LogP contribution >= 0.6 is 0 Å². The first-order chi connectivity index (χ1) is 10.8. The van der Waals surface area contributed by atoms with Crippen LogP contribution in [-0.4, -0.2) is 24.9 Å². The SMILES string of the molecule is Cc1cc(N2Cc3cncnc3C2)nc(-c2ccccn2)n1. The number of rotatable bonds is 2. The second kappa shape index (κ2) is 5.14. The van der Waals surface area contributed by atoms with Gasteiger partial charge in [0.2, 0.25) is 0 Å². The number of aryl methyl sites for hydroxylation is 1. The molecule has 0 atom stereocenters. The van der Waals surface area contributed by atoms with Gasteiger partial charge in [-0.3, -0.25) is 4.98 Å². The highest BCUT2D eigenvalue weighted by Crippen LogP contribution is 2.26. The molecule has 1 aliphatic rings. The number of pyridine rings is 1. The molecule has 0 unspecified atom stereocenters. The van der Waals surface area contributed by atoms with E-state index in [0.717, 1.165) is 41.6 Å². The highest BCUT2D eigenvalue weighted by molar-refractivity contribution is 5.54. The largest absolute Gasteiger partial charge is 0.346 e. The Morgan fingerprint density at radius 1 is 1.09 bits per heavy atom. The van der Waals surface area contributed by atoms with Crippen molar-refractivity contribution in [2.45, 2.75) is 20.0 Å². The molecule has 4 rings (SSSR count). The van der Waals surface area contributed by atoms with Gasteiger partial charge in [-0.1, -0.05) is 6.07 Å². The molecule has 0 saturated heterocycles. The van der Waals surface area contributed by atoms with Crippen molar-refractivity contribution in [3.8, 4) is 11.5 Å². The minimum absolute atomic E-state index is 0.651. The first kappa shape index (κ1) is 12.8. The zero-order valence-electron chi connectivity index (χ0n) is 12.1. The molecule has 0 radical (unpaired) electrons. The average molecular weight is 290 g/mol. The lowest BCUT2D eigenvalue weighted by Crippen LogP contribution is -2.17. The average Bonchev–Trinajstić information content (AvgIpc) is 2.99. The van der Waals surface area contributed by atoms with Gasteiger partial charge in [0, 0.05) is 36.3 Å². The number of aromatic nitrogens is 5. The molecule has 4 heterocycles. The lowest BCUT2D eigenvalue weighted by molar-refractivity contribution is 0.841. The molecule has 0 amide bonds. The summed E-state index contributed by atoms with van der Waals surface area (Å²) in [5, 5.41) is 0. The summed E-state index contributed by atoms with van der Waals surface area (Å²) in [6.07, 6.45) is 5.21. The summed E-state index contributed by atoms with van der Waals surface area (Å²) in [6, 6.07) is 7.74. The predicted molar refractivity (Wildman–Crippen MR) is 81.9 cm³/mol. The first-order valence-corrected chi connectivity index (χ1v) is 7.09. The van der Waals surface area contributed by atoms with Crippen LogP contribution in [0, 0.1) is 6.92 Å². The van der Waals surface area contributed by atoms with E-state index in [1.807, 2.05) is 37.4 Å². The van der Waals surface area contributed by atoms with E-state index in [0.29, 0.717) is 5.82 Å². The zero-order valence-corrected chi connectivity index (χ0v) is 12.1. The summed E-state index contributed by atoms with van der Waals surface area (Å²) in [5.74, 6) is 1.55. The van der Waals surface area contributed by atoms with Crippen molar-refractivity contribution in [3.63, 3.8) is 0 Å². The topological polar surface area (TPSA) is 67.7 Å². The van der Waals surface area contributed by atoms with Crippen molar-refractivity contribution in [2.75, 3.05) is 4.90 Å². The van der Waals surface area contributed by atoms with Crippen molar-refractivity contribution in [1.29, 1.82) is 0 Å². The Balaban J connectivity index is 1.71. The third kappa shape index (κ3) is 2.28. The predicted octanol–water partition coefficient (Wildman–Crippen LogP) is 2.16. The molecular weight excluding hydrogens is 276 g/mol. The van der Waals surface area contributed by atoms with Crippen molar-refractivity contribution >= 4 is 5.82 Å². The van der Waals surface area contributed by atoms with Gasteiger partial charge in [0.15, 0.2) is 5.82 Å². The Morgan fingerprint density at radius 3 is 2.86 bits per heavy atom. The molecule has 6 nitrogen and oxygen atoms in total. The van der Waals surface area contributed by atoms with Crippen LogP contribution in [0.25, 0.3) is 11.5 Å². The normalized spacial score (nSPS) is 13.2. The molecule has 0 N–H and O–H groups in total. The number of anilines is 1. The second-order valence-corrected chi connectivity index (χ2v) is 5.26. The van der Waals surface area contributed by atoms with Gasteiger partial charge in [-0.2, -0.15) is 0 Å². The van der Waals surface area contributed by atoms with E-state index in [4.69, 9.17) is 0 Å². The summed E-state index contributed by atoms with van der Waals surface area (Å²) in [4.78, 5) is 24.1. The van der Waals surface area contributed by atoms with Crippen LogP contribution in [0.3, 0.4) is 0 Å². The van der Waals surface area contributed by atoms with Crippen LogP contribution in [0.5, 0.6) is 0 Å². The molecule has 108 valence electrons. The Hall–Kier alpha value is -2.89. The van der Waals surface area contributed by atoms with Gasteiger partial charge < -0.3 is 4.90 Å². The zero-order chi connectivity index (χ0) is 14.9. The quantitative estimate of drug-likeness (QED) is 0.720. The van der Waals surface area contributed by atoms with E-state index < -0.39 is 0 Å². The van der Waals surface area contributed by atoms with E-state index in [1.165, 1.54) is 0 Å². The van der Waals surface area contributed by atoms with Crippen LogP contribution in [0.2, 0.25) is 0 Å². The number of hydrogen-bond donors (Lipinski definition) is 0. The molecule has 22 heavy (non-hydrogen) atoms. The van der Waals surface area contributed by atoms with Crippen molar-refractivity contribution in [1.82, 2.24) is 24.9 Å². The molecule has 0 fully saturated rings. The van der Waals surface area contributed by atoms with Gasteiger partial charge in [-0.15, -0.1) is 0 Å². The van der Waals surface area contributed by atoms with Crippen LogP contribution in [0.15, 0.2) is 43.0 Å². The van der Waals surface area contributed by atoms with E-state index in [1.54, 1.807) is 12.5 Å².